The SMILES string of the molecule is O=C1CC[C@H](N2Cc3c(cccc3[N+](=O)[O-])C2=O)C(=O)N1.O=C1CC[C@H](N2Cc3c(cccc3[N+](=O)[O-])C2=O)C(=O)N1. The summed E-state index contributed by atoms with van der Waals surface area (Å²) < 4.78 is 0. The van der Waals surface area contributed by atoms with E-state index in [9.17, 15) is 49.0 Å². The number of nitro benzene ring substituents is 2. The first kappa shape index (κ1) is 28.0. The van der Waals surface area contributed by atoms with Crippen LogP contribution in [-0.2, 0) is 32.3 Å². The summed E-state index contributed by atoms with van der Waals surface area (Å²) in [6.45, 7) is 0.0230. The average Bonchev–Trinajstić information content (AvgIpc) is 3.45. The molecule has 0 spiro atoms. The summed E-state index contributed by atoms with van der Waals surface area (Å²) in [5, 5.41) is 26.4. The third-order valence-corrected chi connectivity index (χ3v) is 7.51. The number of carbonyl (C=O) groups excluding carboxylic acids is 6. The minimum absolute atomic E-state index is 0.0115. The Morgan fingerprint density at radius 3 is 1.36 bits per heavy atom. The van der Waals surface area contributed by atoms with Crippen molar-refractivity contribution in [3.8, 4) is 0 Å². The van der Waals surface area contributed by atoms with Gasteiger partial charge in [-0.25, -0.2) is 0 Å². The zero-order chi connectivity index (χ0) is 30.3. The van der Waals surface area contributed by atoms with Crippen molar-refractivity contribution in [3.05, 3.63) is 78.9 Å². The van der Waals surface area contributed by atoms with E-state index < -0.39 is 45.6 Å². The molecular weight excluding hydrogens is 556 g/mol. The van der Waals surface area contributed by atoms with Gasteiger partial charge in [0.2, 0.25) is 23.6 Å². The van der Waals surface area contributed by atoms with Crippen molar-refractivity contribution in [2.24, 2.45) is 0 Å². The summed E-state index contributed by atoms with van der Waals surface area (Å²) >= 11 is 0. The molecule has 16 nitrogen and oxygen atoms in total. The summed E-state index contributed by atoms with van der Waals surface area (Å²) in [6.07, 6.45) is 0.771. The lowest BCUT2D eigenvalue weighted by molar-refractivity contribution is -0.385. The topological polar surface area (TPSA) is 219 Å². The van der Waals surface area contributed by atoms with Gasteiger partial charge in [-0.1, -0.05) is 12.1 Å². The van der Waals surface area contributed by atoms with Gasteiger partial charge in [-0.15, -0.1) is 0 Å². The lowest BCUT2D eigenvalue weighted by Crippen LogP contribution is -2.52. The fourth-order valence-corrected chi connectivity index (χ4v) is 5.48. The Hall–Kier alpha value is -5.54. The number of nitrogens with one attached hydrogen (secondary N) is 2. The predicted octanol–water partition coefficient (Wildman–Crippen LogP) is 0.712. The minimum Gasteiger partial charge on any atom is -0.322 e. The van der Waals surface area contributed by atoms with E-state index in [0.29, 0.717) is 11.1 Å². The Kier molecular flexibility index (Phi) is 7.20. The maximum Gasteiger partial charge on any atom is 0.275 e. The highest BCUT2D eigenvalue weighted by Crippen LogP contribution is 2.34. The first-order valence-corrected chi connectivity index (χ1v) is 12.8. The number of benzene rings is 2. The second-order valence-electron chi connectivity index (χ2n) is 9.92. The molecule has 2 N–H and O–H groups in total. The Balaban J connectivity index is 0.000000168. The van der Waals surface area contributed by atoms with Crippen molar-refractivity contribution in [3.63, 3.8) is 0 Å². The van der Waals surface area contributed by atoms with E-state index in [-0.39, 0.29) is 73.1 Å². The molecule has 0 aromatic heterocycles. The zero-order valence-electron chi connectivity index (χ0n) is 21.7. The molecule has 0 aliphatic carbocycles. The van der Waals surface area contributed by atoms with Gasteiger partial charge in [-0.3, -0.25) is 59.6 Å². The monoisotopic (exact) mass is 578 g/mol. The Morgan fingerprint density at radius 1 is 0.643 bits per heavy atom. The molecule has 2 atom stereocenters. The van der Waals surface area contributed by atoms with Crippen molar-refractivity contribution in [1.29, 1.82) is 0 Å². The lowest BCUT2D eigenvalue weighted by Gasteiger charge is -2.29. The number of carbonyl (C=O) groups is 6. The Morgan fingerprint density at radius 2 is 1.02 bits per heavy atom. The van der Waals surface area contributed by atoms with Gasteiger partial charge in [-0.2, -0.15) is 0 Å². The number of amides is 6. The van der Waals surface area contributed by atoms with Crippen LogP contribution in [-0.4, -0.2) is 67.2 Å². The molecule has 4 aliphatic heterocycles. The van der Waals surface area contributed by atoms with Crippen molar-refractivity contribution in [2.75, 3.05) is 0 Å². The third kappa shape index (κ3) is 4.93. The van der Waals surface area contributed by atoms with Crippen LogP contribution >= 0.6 is 0 Å². The van der Waals surface area contributed by atoms with Crippen molar-refractivity contribution < 1.29 is 38.6 Å². The summed E-state index contributed by atoms with van der Waals surface area (Å²) in [5.74, 6) is -2.63. The summed E-state index contributed by atoms with van der Waals surface area (Å²) in [7, 11) is 0. The minimum atomic E-state index is -0.762. The van der Waals surface area contributed by atoms with Crippen LogP contribution in [0.2, 0.25) is 0 Å². The molecule has 16 heteroatoms. The van der Waals surface area contributed by atoms with Crippen LogP contribution in [0.1, 0.15) is 57.5 Å². The lowest BCUT2D eigenvalue weighted by atomic mass is 10.0. The quantitative estimate of drug-likeness (QED) is 0.294. The van der Waals surface area contributed by atoms with E-state index in [1.807, 2.05) is 0 Å². The molecule has 6 amide bonds. The Labute approximate surface area is 235 Å². The van der Waals surface area contributed by atoms with Gasteiger partial charge in [0.05, 0.1) is 45.2 Å². The van der Waals surface area contributed by atoms with Crippen LogP contribution in [0, 0.1) is 20.2 Å². The van der Waals surface area contributed by atoms with Gasteiger partial charge in [0, 0.05) is 25.0 Å². The van der Waals surface area contributed by atoms with E-state index in [1.165, 1.54) is 46.2 Å². The van der Waals surface area contributed by atoms with Crippen LogP contribution in [0.25, 0.3) is 0 Å². The first-order valence-electron chi connectivity index (χ1n) is 12.8. The number of nitrogens with zero attached hydrogens (tertiary/aromatic N) is 4. The van der Waals surface area contributed by atoms with Crippen LogP contribution in [0.4, 0.5) is 11.4 Å². The number of fused-ring (bicyclic) bond motifs is 2. The van der Waals surface area contributed by atoms with E-state index in [2.05, 4.69) is 10.6 Å². The number of hydrogen-bond acceptors (Lipinski definition) is 10. The van der Waals surface area contributed by atoms with Crippen molar-refractivity contribution in [2.45, 2.75) is 50.9 Å². The Bertz CT molecular complexity index is 1490. The average molecular weight is 578 g/mol. The fourth-order valence-electron chi connectivity index (χ4n) is 5.48. The van der Waals surface area contributed by atoms with Gasteiger partial charge in [0.1, 0.15) is 12.1 Å². The molecule has 6 rings (SSSR count). The van der Waals surface area contributed by atoms with Gasteiger partial charge >= 0.3 is 0 Å². The number of hydrogen-bond donors (Lipinski definition) is 2. The number of rotatable bonds is 4. The molecule has 0 saturated carbocycles. The van der Waals surface area contributed by atoms with Gasteiger partial charge < -0.3 is 9.80 Å². The van der Waals surface area contributed by atoms with Crippen LogP contribution in [0.15, 0.2) is 36.4 Å². The van der Waals surface area contributed by atoms with Gasteiger partial charge in [0.25, 0.3) is 23.2 Å². The molecule has 2 saturated heterocycles. The molecule has 2 aromatic carbocycles. The molecule has 4 heterocycles. The molecule has 4 aliphatic rings. The predicted molar refractivity (Wildman–Crippen MR) is 138 cm³/mol. The number of piperidine rings is 2. The van der Waals surface area contributed by atoms with Crippen molar-refractivity contribution in [1.82, 2.24) is 20.4 Å². The number of imide groups is 2. The van der Waals surface area contributed by atoms with Crippen LogP contribution < -0.4 is 10.6 Å². The standard InChI is InChI=1S/2C13H11N3O5/c2*17-11-5-4-10(12(18)14-11)15-6-8-7(13(15)19)2-1-3-9(8)16(20)21/h2*1-3,10H,4-6H2,(H,14,17,18)/t2*10-/m00/s1. The molecule has 2 fully saturated rings. The largest absolute Gasteiger partial charge is 0.322 e. The molecule has 42 heavy (non-hydrogen) atoms. The van der Waals surface area contributed by atoms with E-state index >= 15 is 0 Å². The third-order valence-electron chi connectivity index (χ3n) is 7.51. The molecule has 0 unspecified atom stereocenters. The second kappa shape index (κ2) is 10.8. The molecule has 0 bridgehead atoms. The summed E-state index contributed by atoms with van der Waals surface area (Å²) in [4.78, 5) is 94.2. The first-order chi connectivity index (χ1) is 20.0. The molecule has 0 radical (unpaired) electrons. The normalized spacial score (nSPS) is 21.2. The maximum absolute atomic E-state index is 12.3. The van der Waals surface area contributed by atoms with E-state index in [1.54, 1.807) is 0 Å². The summed E-state index contributed by atoms with van der Waals surface area (Å²) in [5.41, 5.74) is 0.864. The zero-order valence-corrected chi connectivity index (χ0v) is 21.7. The summed E-state index contributed by atoms with van der Waals surface area (Å²) in [6, 6.07) is 7.06. The fraction of sp³-hybridized carbons (Fsp3) is 0.308. The molecule has 216 valence electrons. The highest BCUT2D eigenvalue weighted by atomic mass is 16.6. The highest BCUT2D eigenvalue weighted by Gasteiger charge is 2.42. The van der Waals surface area contributed by atoms with Gasteiger partial charge in [0.15, 0.2) is 0 Å². The van der Waals surface area contributed by atoms with E-state index in [0.717, 1.165) is 0 Å². The smallest absolute Gasteiger partial charge is 0.275 e. The molecule has 2 aromatic rings. The van der Waals surface area contributed by atoms with Gasteiger partial charge in [-0.05, 0) is 25.0 Å². The highest BCUT2D eigenvalue weighted by molar-refractivity contribution is 6.07. The maximum atomic E-state index is 12.3. The van der Waals surface area contributed by atoms with Crippen LogP contribution in [0.3, 0.4) is 0 Å². The number of nitro groups is 2. The second-order valence-corrected chi connectivity index (χ2v) is 9.92. The van der Waals surface area contributed by atoms with Crippen LogP contribution in [0.5, 0.6) is 0 Å². The molecular formula is C26H22N6O10. The van der Waals surface area contributed by atoms with Crippen molar-refractivity contribution >= 4 is 46.8 Å². The van der Waals surface area contributed by atoms with E-state index in [4.69, 9.17) is 0 Å².